The number of hydrogen-bond acceptors (Lipinski definition) is 2. The molecule has 1 atom stereocenters. The van der Waals surface area contributed by atoms with Crippen LogP contribution in [0.25, 0.3) is 0 Å². The molecule has 0 unspecified atom stereocenters. The summed E-state index contributed by atoms with van der Waals surface area (Å²) in [5.41, 5.74) is 2.81. The first-order valence-corrected chi connectivity index (χ1v) is 9.31. The summed E-state index contributed by atoms with van der Waals surface area (Å²) in [4.78, 5) is 14.4. The van der Waals surface area contributed by atoms with Gasteiger partial charge in [-0.1, -0.05) is 39.7 Å². The maximum Gasteiger partial charge on any atom is 0.246 e. The van der Waals surface area contributed by atoms with Gasteiger partial charge in [0.15, 0.2) is 5.11 Å². The van der Waals surface area contributed by atoms with E-state index in [9.17, 15) is 4.79 Å². The molecule has 0 fully saturated rings. The van der Waals surface area contributed by atoms with Crippen molar-refractivity contribution in [2.24, 2.45) is 0 Å². The number of nitrogens with one attached hydrogen (secondary N) is 2. The van der Waals surface area contributed by atoms with Crippen LogP contribution in [0.5, 0.6) is 0 Å². The Hall–Kier alpha value is -1.92. The molecule has 0 bridgehead atoms. The molecule has 0 saturated heterocycles. The van der Waals surface area contributed by atoms with Gasteiger partial charge in [0.25, 0.3) is 0 Å². The van der Waals surface area contributed by atoms with Gasteiger partial charge in [0.05, 0.1) is 0 Å². The van der Waals surface area contributed by atoms with Crippen LogP contribution in [0.15, 0.2) is 53.0 Å². The van der Waals surface area contributed by atoms with E-state index in [-0.39, 0.29) is 5.91 Å². The average Bonchev–Trinajstić information content (AvgIpc) is 2.57. The summed E-state index contributed by atoms with van der Waals surface area (Å²) in [7, 11) is 0. The Balaban J connectivity index is 2.03. The molecule has 0 aliphatic rings. The third kappa shape index (κ3) is 5.54. The Morgan fingerprint density at radius 1 is 1.16 bits per heavy atom. The van der Waals surface area contributed by atoms with E-state index in [1.165, 1.54) is 0 Å². The number of carbonyl (C=O) groups excluding carboxylic acids is 1. The molecule has 6 heteroatoms. The lowest BCUT2D eigenvalue weighted by Gasteiger charge is -2.30. The Labute approximate surface area is 162 Å². The molecule has 2 aromatic rings. The molecule has 4 nitrogen and oxygen atoms in total. The van der Waals surface area contributed by atoms with Crippen molar-refractivity contribution in [3.63, 3.8) is 0 Å². The molecule has 1 amide bonds. The van der Waals surface area contributed by atoms with Crippen LogP contribution in [0.2, 0.25) is 0 Å². The summed E-state index contributed by atoms with van der Waals surface area (Å²) < 4.78 is 0.966. The standard InChI is InChI=1S/C19H22BrN3OS/c1-4-23(19(25)22-17-7-5-6-15(20)12-17)14(3)18(24)21-16-10-8-13(2)9-11-16/h5-12,14H,4H2,1-3H3,(H,21,24)(H,22,25)/t14-/m0/s1. The van der Waals surface area contributed by atoms with E-state index in [0.717, 1.165) is 21.4 Å². The number of halogens is 1. The summed E-state index contributed by atoms with van der Waals surface area (Å²) in [5.74, 6) is -0.0934. The topological polar surface area (TPSA) is 44.4 Å². The molecule has 0 aromatic heterocycles. The second-order valence-corrected chi connectivity index (χ2v) is 7.06. The number of benzene rings is 2. The second kappa shape index (κ2) is 8.97. The minimum Gasteiger partial charge on any atom is -0.338 e. The summed E-state index contributed by atoms with van der Waals surface area (Å²) in [6.45, 7) is 6.47. The molecule has 0 spiro atoms. The van der Waals surface area contributed by atoms with Crippen LogP contribution in [0.1, 0.15) is 19.4 Å². The molecule has 0 saturated carbocycles. The van der Waals surface area contributed by atoms with Gasteiger partial charge >= 0.3 is 0 Å². The molecule has 132 valence electrons. The Morgan fingerprint density at radius 3 is 2.44 bits per heavy atom. The largest absolute Gasteiger partial charge is 0.338 e. The van der Waals surface area contributed by atoms with E-state index in [0.29, 0.717) is 11.7 Å². The van der Waals surface area contributed by atoms with Gasteiger partial charge in [-0.25, -0.2) is 0 Å². The highest BCUT2D eigenvalue weighted by Gasteiger charge is 2.22. The molecule has 0 aliphatic carbocycles. The number of nitrogens with zero attached hydrogens (tertiary/aromatic N) is 1. The summed E-state index contributed by atoms with van der Waals surface area (Å²) in [5, 5.41) is 6.64. The van der Waals surface area contributed by atoms with E-state index in [4.69, 9.17) is 12.2 Å². The van der Waals surface area contributed by atoms with Crippen molar-refractivity contribution in [1.82, 2.24) is 4.90 Å². The number of hydrogen-bond donors (Lipinski definition) is 2. The van der Waals surface area contributed by atoms with Crippen molar-refractivity contribution in [2.45, 2.75) is 26.8 Å². The van der Waals surface area contributed by atoms with Gasteiger partial charge in [-0.2, -0.15) is 0 Å². The number of thiocarbonyl (C=S) groups is 1. The molecule has 2 N–H and O–H groups in total. The zero-order valence-electron chi connectivity index (χ0n) is 14.5. The number of aryl methyl sites for hydroxylation is 1. The van der Waals surface area contributed by atoms with Crippen LogP contribution in [0.4, 0.5) is 11.4 Å². The number of likely N-dealkylation sites (N-methyl/N-ethyl adjacent to an activating group) is 1. The van der Waals surface area contributed by atoms with Crippen molar-refractivity contribution >= 4 is 50.5 Å². The van der Waals surface area contributed by atoms with Crippen LogP contribution >= 0.6 is 28.1 Å². The monoisotopic (exact) mass is 419 g/mol. The van der Waals surface area contributed by atoms with Gasteiger partial charge in [0.2, 0.25) is 5.91 Å². The second-order valence-electron chi connectivity index (χ2n) is 5.76. The maximum atomic E-state index is 12.6. The van der Waals surface area contributed by atoms with Gasteiger partial charge in [-0.3, -0.25) is 4.79 Å². The van der Waals surface area contributed by atoms with E-state index in [1.807, 2.05) is 74.2 Å². The van der Waals surface area contributed by atoms with Gasteiger partial charge in [-0.15, -0.1) is 0 Å². The number of rotatable bonds is 5. The van der Waals surface area contributed by atoms with Crippen LogP contribution in [-0.4, -0.2) is 28.5 Å². The van der Waals surface area contributed by atoms with Crippen LogP contribution in [-0.2, 0) is 4.79 Å². The van der Waals surface area contributed by atoms with Gasteiger partial charge < -0.3 is 15.5 Å². The third-order valence-corrected chi connectivity index (χ3v) is 4.67. The van der Waals surface area contributed by atoms with Gasteiger partial charge in [0.1, 0.15) is 6.04 Å². The molecule has 0 aliphatic heterocycles. The van der Waals surface area contributed by atoms with E-state index < -0.39 is 6.04 Å². The minimum absolute atomic E-state index is 0.0934. The SMILES string of the molecule is CCN(C(=S)Nc1cccc(Br)c1)[C@@H](C)C(=O)Nc1ccc(C)cc1. The van der Waals surface area contributed by atoms with Crippen LogP contribution in [0, 0.1) is 6.92 Å². The third-order valence-electron chi connectivity index (χ3n) is 3.84. The quantitative estimate of drug-likeness (QED) is 0.682. The zero-order chi connectivity index (χ0) is 18.4. The Kier molecular flexibility index (Phi) is 6.96. The fraction of sp³-hybridized carbons (Fsp3) is 0.263. The number of anilines is 2. The molecule has 25 heavy (non-hydrogen) atoms. The highest BCUT2D eigenvalue weighted by Crippen LogP contribution is 2.17. The number of amides is 1. The van der Waals surface area contributed by atoms with Crippen molar-refractivity contribution in [2.75, 3.05) is 17.2 Å². The summed E-state index contributed by atoms with van der Waals surface area (Å²) >= 11 is 8.94. The lowest BCUT2D eigenvalue weighted by atomic mass is 10.2. The fourth-order valence-corrected chi connectivity index (χ4v) is 3.18. The maximum absolute atomic E-state index is 12.6. The molecule has 0 radical (unpaired) electrons. The molecule has 2 rings (SSSR count). The van der Waals surface area contributed by atoms with E-state index in [1.54, 1.807) is 0 Å². The molecular weight excluding hydrogens is 398 g/mol. The van der Waals surface area contributed by atoms with E-state index >= 15 is 0 Å². The van der Waals surface area contributed by atoms with E-state index in [2.05, 4.69) is 26.6 Å². The van der Waals surface area contributed by atoms with Gasteiger partial charge in [0, 0.05) is 22.4 Å². The normalized spacial score (nSPS) is 11.5. The predicted octanol–water partition coefficient (Wildman–Crippen LogP) is 4.80. The molecular formula is C19H22BrN3OS. The van der Waals surface area contributed by atoms with Crippen molar-refractivity contribution in [3.05, 3.63) is 58.6 Å². The van der Waals surface area contributed by atoms with Crippen molar-refractivity contribution in [1.29, 1.82) is 0 Å². The first kappa shape index (κ1) is 19.4. The first-order chi connectivity index (χ1) is 11.9. The zero-order valence-corrected chi connectivity index (χ0v) is 16.9. The van der Waals surface area contributed by atoms with Gasteiger partial charge in [-0.05, 0) is 63.3 Å². The van der Waals surface area contributed by atoms with Crippen LogP contribution in [0.3, 0.4) is 0 Å². The smallest absolute Gasteiger partial charge is 0.246 e. The minimum atomic E-state index is -0.390. The Morgan fingerprint density at radius 2 is 1.84 bits per heavy atom. The number of carbonyl (C=O) groups is 1. The van der Waals surface area contributed by atoms with Crippen LogP contribution < -0.4 is 10.6 Å². The lowest BCUT2D eigenvalue weighted by molar-refractivity contribution is -0.119. The predicted molar refractivity (Wildman–Crippen MR) is 112 cm³/mol. The first-order valence-electron chi connectivity index (χ1n) is 8.11. The molecule has 2 aromatic carbocycles. The van der Waals surface area contributed by atoms with Crippen molar-refractivity contribution in [3.8, 4) is 0 Å². The van der Waals surface area contributed by atoms with Crippen molar-refractivity contribution < 1.29 is 4.79 Å². The highest BCUT2D eigenvalue weighted by molar-refractivity contribution is 9.10. The fourth-order valence-electron chi connectivity index (χ4n) is 2.38. The summed E-state index contributed by atoms with van der Waals surface area (Å²) in [6.07, 6.45) is 0. The molecule has 0 heterocycles. The Bertz CT molecular complexity index is 749. The highest BCUT2D eigenvalue weighted by atomic mass is 79.9. The summed E-state index contributed by atoms with van der Waals surface area (Å²) in [6, 6.07) is 15.1. The average molecular weight is 420 g/mol. The lowest BCUT2D eigenvalue weighted by Crippen LogP contribution is -2.47.